The van der Waals surface area contributed by atoms with Gasteiger partial charge in [-0.1, -0.05) is 41.9 Å². The number of nitrogens with zero attached hydrogens (tertiary/aromatic N) is 3. The van der Waals surface area contributed by atoms with E-state index in [9.17, 15) is 13.2 Å². The molecule has 0 saturated carbocycles. The summed E-state index contributed by atoms with van der Waals surface area (Å²) in [5.41, 5.74) is 2.47. The smallest absolute Gasteiger partial charge is 0.243 e. The fourth-order valence-electron chi connectivity index (χ4n) is 4.77. The first-order chi connectivity index (χ1) is 16.4. The summed E-state index contributed by atoms with van der Waals surface area (Å²) in [4.78, 5) is 18.9. The predicted molar refractivity (Wildman–Crippen MR) is 135 cm³/mol. The van der Waals surface area contributed by atoms with Gasteiger partial charge in [0.2, 0.25) is 15.9 Å². The van der Waals surface area contributed by atoms with E-state index in [-0.39, 0.29) is 29.9 Å². The lowest BCUT2D eigenvalue weighted by atomic mass is 9.93. The molecule has 0 radical (unpaired) electrons. The lowest BCUT2D eigenvalue weighted by molar-refractivity contribution is -0.134. The standard InChI is InChI=1S/C25H26ClN3O3S2/c26-20-6-8-21(9-7-20)34(31,32)29-15-13-27(14-16-29)24(30)18-28-12-10-23-22(11-17-33-23)25(28)19-4-2-1-3-5-19/h1-9,11,17,25H,10,12-16,18H2/t25-/m0/s1. The summed E-state index contributed by atoms with van der Waals surface area (Å²) in [7, 11) is -3.60. The van der Waals surface area contributed by atoms with E-state index in [1.54, 1.807) is 28.4 Å². The molecule has 34 heavy (non-hydrogen) atoms. The zero-order chi connectivity index (χ0) is 23.7. The summed E-state index contributed by atoms with van der Waals surface area (Å²) in [6.45, 7) is 2.49. The highest BCUT2D eigenvalue weighted by Crippen LogP contribution is 2.37. The van der Waals surface area contributed by atoms with Crippen molar-refractivity contribution in [3.63, 3.8) is 0 Å². The molecule has 1 aromatic heterocycles. The first kappa shape index (κ1) is 23.5. The maximum atomic E-state index is 13.3. The summed E-state index contributed by atoms with van der Waals surface area (Å²) < 4.78 is 27.4. The van der Waals surface area contributed by atoms with Crippen LogP contribution in [0.15, 0.2) is 70.9 Å². The van der Waals surface area contributed by atoms with Crippen molar-refractivity contribution in [3.05, 3.63) is 87.1 Å². The zero-order valence-electron chi connectivity index (χ0n) is 18.6. The normalized spacial score (nSPS) is 19.7. The van der Waals surface area contributed by atoms with Crippen LogP contribution in [0.3, 0.4) is 0 Å². The van der Waals surface area contributed by atoms with Gasteiger partial charge in [-0.25, -0.2) is 8.42 Å². The average Bonchev–Trinajstić information content (AvgIpc) is 3.34. The van der Waals surface area contributed by atoms with E-state index in [2.05, 4.69) is 28.5 Å². The van der Waals surface area contributed by atoms with Gasteiger partial charge in [0.25, 0.3) is 0 Å². The fraction of sp³-hybridized carbons (Fsp3) is 0.320. The zero-order valence-corrected chi connectivity index (χ0v) is 21.0. The molecule has 1 saturated heterocycles. The molecule has 2 aromatic carbocycles. The number of hydrogen-bond acceptors (Lipinski definition) is 5. The summed E-state index contributed by atoms with van der Waals surface area (Å²) in [6, 6.07) is 18.8. The van der Waals surface area contributed by atoms with Crippen LogP contribution in [-0.2, 0) is 21.2 Å². The van der Waals surface area contributed by atoms with Crippen LogP contribution in [0.1, 0.15) is 22.0 Å². The number of carbonyl (C=O) groups excluding carboxylic acids is 1. The molecular weight excluding hydrogens is 490 g/mol. The highest BCUT2D eigenvalue weighted by Gasteiger charge is 2.34. The Hall–Kier alpha value is -2.23. The molecule has 0 unspecified atom stereocenters. The minimum Gasteiger partial charge on any atom is -0.339 e. The third kappa shape index (κ3) is 4.65. The largest absolute Gasteiger partial charge is 0.339 e. The summed E-state index contributed by atoms with van der Waals surface area (Å²) in [5, 5.41) is 2.63. The second-order valence-corrected chi connectivity index (χ2v) is 11.9. The molecule has 178 valence electrons. The molecule has 0 aliphatic carbocycles. The van der Waals surface area contributed by atoms with E-state index < -0.39 is 10.0 Å². The van der Waals surface area contributed by atoms with E-state index in [0.29, 0.717) is 24.7 Å². The van der Waals surface area contributed by atoms with Crippen LogP contribution in [0.4, 0.5) is 0 Å². The number of piperazine rings is 1. The molecular formula is C25H26ClN3O3S2. The number of rotatable bonds is 5. The molecule has 1 fully saturated rings. The van der Waals surface area contributed by atoms with Gasteiger partial charge in [0.05, 0.1) is 17.5 Å². The number of sulfonamides is 1. The Morgan fingerprint density at radius 2 is 1.65 bits per heavy atom. The van der Waals surface area contributed by atoms with Crippen molar-refractivity contribution in [3.8, 4) is 0 Å². The molecule has 2 aliphatic heterocycles. The number of fused-ring (bicyclic) bond motifs is 1. The Bertz CT molecular complexity index is 1250. The summed E-state index contributed by atoms with van der Waals surface area (Å²) in [6.07, 6.45) is 0.941. The van der Waals surface area contributed by atoms with Crippen LogP contribution in [0.2, 0.25) is 5.02 Å². The molecule has 1 amide bonds. The van der Waals surface area contributed by atoms with Gasteiger partial charge in [0, 0.05) is 42.6 Å². The third-order valence-corrected chi connectivity index (χ3v) is 9.72. The topological polar surface area (TPSA) is 60.9 Å². The lowest BCUT2D eigenvalue weighted by Crippen LogP contribution is -2.53. The first-order valence-electron chi connectivity index (χ1n) is 11.3. The van der Waals surface area contributed by atoms with Crippen LogP contribution in [0.5, 0.6) is 0 Å². The highest BCUT2D eigenvalue weighted by atomic mass is 35.5. The molecule has 0 N–H and O–H groups in total. The Morgan fingerprint density at radius 3 is 2.35 bits per heavy atom. The molecule has 1 atom stereocenters. The van der Waals surface area contributed by atoms with Gasteiger partial charge in [-0.05, 0) is 53.3 Å². The Balaban J connectivity index is 1.26. The van der Waals surface area contributed by atoms with Crippen LogP contribution < -0.4 is 0 Å². The van der Waals surface area contributed by atoms with E-state index in [4.69, 9.17) is 11.6 Å². The third-order valence-electron chi connectivity index (χ3n) is 6.56. The summed E-state index contributed by atoms with van der Waals surface area (Å²) >= 11 is 7.68. The van der Waals surface area contributed by atoms with Crippen molar-refractivity contribution >= 4 is 38.9 Å². The van der Waals surface area contributed by atoms with E-state index in [0.717, 1.165) is 13.0 Å². The maximum absolute atomic E-state index is 13.3. The van der Waals surface area contributed by atoms with Crippen molar-refractivity contribution in [2.24, 2.45) is 0 Å². The van der Waals surface area contributed by atoms with Crippen LogP contribution >= 0.6 is 22.9 Å². The maximum Gasteiger partial charge on any atom is 0.243 e. The van der Waals surface area contributed by atoms with E-state index in [1.165, 1.54) is 32.4 Å². The van der Waals surface area contributed by atoms with Gasteiger partial charge >= 0.3 is 0 Å². The van der Waals surface area contributed by atoms with Crippen LogP contribution in [-0.4, -0.2) is 67.7 Å². The van der Waals surface area contributed by atoms with Crippen LogP contribution in [0, 0.1) is 0 Å². The Labute approximate surface area is 209 Å². The molecule has 2 aliphatic rings. The molecule has 5 rings (SSSR count). The molecule has 0 bridgehead atoms. The molecule has 3 aromatic rings. The monoisotopic (exact) mass is 515 g/mol. The molecule has 9 heteroatoms. The van der Waals surface area contributed by atoms with Crippen molar-refractivity contribution in [1.29, 1.82) is 0 Å². The van der Waals surface area contributed by atoms with E-state index in [1.807, 2.05) is 18.2 Å². The van der Waals surface area contributed by atoms with Gasteiger partial charge in [-0.2, -0.15) is 4.31 Å². The minimum absolute atomic E-state index is 0.0446. The van der Waals surface area contributed by atoms with Crippen molar-refractivity contribution < 1.29 is 13.2 Å². The van der Waals surface area contributed by atoms with E-state index >= 15 is 0 Å². The quantitative estimate of drug-likeness (QED) is 0.517. The first-order valence-corrected chi connectivity index (χ1v) is 14.0. The van der Waals surface area contributed by atoms with Gasteiger partial charge < -0.3 is 4.90 Å². The van der Waals surface area contributed by atoms with Gasteiger partial charge in [0.1, 0.15) is 0 Å². The second kappa shape index (κ2) is 9.79. The minimum atomic E-state index is -3.60. The van der Waals surface area contributed by atoms with Crippen LogP contribution in [0.25, 0.3) is 0 Å². The van der Waals surface area contributed by atoms with Gasteiger partial charge in [-0.3, -0.25) is 9.69 Å². The van der Waals surface area contributed by atoms with Crippen molar-refractivity contribution in [2.75, 3.05) is 39.3 Å². The van der Waals surface area contributed by atoms with Crippen molar-refractivity contribution in [2.45, 2.75) is 17.4 Å². The van der Waals surface area contributed by atoms with Gasteiger partial charge in [0.15, 0.2) is 0 Å². The fourth-order valence-corrected chi connectivity index (χ4v) is 7.22. The average molecular weight is 516 g/mol. The molecule has 3 heterocycles. The Morgan fingerprint density at radius 1 is 0.941 bits per heavy atom. The lowest BCUT2D eigenvalue weighted by Gasteiger charge is -2.39. The second-order valence-electron chi connectivity index (χ2n) is 8.57. The number of halogens is 1. The summed E-state index contributed by atoms with van der Waals surface area (Å²) in [5.74, 6) is 0.0446. The van der Waals surface area contributed by atoms with Crippen molar-refractivity contribution in [1.82, 2.24) is 14.1 Å². The number of amides is 1. The Kier molecular flexibility index (Phi) is 6.77. The number of hydrogen-bond donors (Lipinski definition) is 0. The highest BCUT2D eigenvalue weighted by molar-refractivity contribution is 7.89. The molecule has 0 spiro atoms. The molecule has 6 nitrogen and oxygen atoms in total. The number of carbonyl (C=O) groups is 1. The predicted octanol–water partition coefficient (Wildman–Crippen LogP) is 3.88. The van der Waals surface area contributed by atoms with Gasteiger partial charge in [-0.15, -0.1) is 11.3 Å². The number of thiophene rings is 1. The number of benzene rings is 2. The SMILES string of the molecule is O=C(CN1CCc2sccc2[C@@H]1c1ccccc1)N1CCN(S(=O)(=O)c2ccc(Cl)cc2)CC1.